The molecular weight excluding hydrogens is 1440 g/mol. The quantitative estimate of drug-likeness (QED) is 0.164. The Hall–Kier alpha value is -16.1. The van der Waals surface area contributed by atoms with Gasteiger partial charge in [0, 0.05) is 105 Å². The first kappa shape index (κ1) is 64.6. The molecule has 9 aromatic heterocycles. The summed E-state index contributed by atoms with van der Waals surface area (Å²) in [6.45, 7) is 0. The van der Waals surface area contributed by atoms with E-state index in [0.717, 1.165) is 72.9 Å². The zero-order chi connectivity index (χ0) is 76.5. The van der Waals surface area contributed by atoms with Crippen LogP contribution in [0.4, 0.5) is 0 Å². The molecule has 0 aliphatic carbocycles. The molecule has 0 unspecified atom stereocenters. The van der Waals surface area contributed by atoms with Crippen molar-refractivity contribution in [1.29, 1.82) is 0 Å². The maximum Gasteiger partial charge on any atom is 0.181 e. The van der Waals surface area contributed by atoms with Crippen molar-refractivity contribution < 1.29 is 13.3 Å². The summed E-state index contributed by atoms with van der Waals surface area (Å²) in [5, 5.41) is 22.3. The van der Waals surface area contributed by atoms with Crippen molar-refractivity contribution in [1.82, 2.24) is 42.4 Å². The highest BCUT2D eigenvalue weighted by molar-refractivity contribution is 6.37. The number of aromatic nitrogens is 9. The molecule has 0 saturated carbocycles. The van der Waals surface area contributed by atoms with Crippen molar-refractivity contribution in [3.05, 3.63) is 383 Å². The summed E-state index contributed by atoms with van der Waals surface area (Å²) < 4.78 is 31.6. The molecule has 546 valence electrons. The number of hydrogen-bond acceptors (Lipinski definition) is 6. The zero-order valence-electron chi connectivity index (χ0n) is 62.6. The van der Waals surface area contributed by atoms with Gasteiger partial charge in [0.05, 0.1) is 83.3 Å². The number of benzene rings is 18. The lowest BCUT2D eigenvalue weighted by Crippen LogP contribution is -1.98. The molecule has 117 heavy (non-hydrogen) atoms. The molecule has 27 aromatic rings. The fraction of sp³-hybridized carbons (Fsp3) is 0. The monoisotopic (exact) mass is 1500 g/mol. The van der Waals surface area contributed by atoms with Gasteiger partial charge in [0.25, 0.3) is 0 Å². The molecule has 12 nitrogen and oxygen atoms in total. The summed E-state index contributed by atoms with van der Waals surface area (Å²) in [6.07, 6.45) is 4.53. The van der Waals surface area contributed by atoms with Crippen molar-refractivity contribution >= 4 is 196 Å². The van der Waals surface area contributed by atoms with E-state index in [2.05, 4.69) is 388 Å². The summed E-state index contributed by atoms with van der Waals surface area (Å²) >= 11 is 0. The van der Waals surface area contributed by atoms with E-state index in [9.17, 15) is 0 Å². The molecule has 0 bridgehead atoms. The number of hydrogen-bond donors (Lipinski definition) is 0. The number of rotatable bonds is 6. The van der Waals surface area contributed by atoms with Gasteiger partial charge in [-0.05, 0) is 154 Å². The summed E-state index contributed by atoms with van der Waals surface area (Å²) in [6, 6.07) is 130. The van der Waals surface area contributed by atoms with Crippen molar-refractivity contribution in [2.24, 2.45) is 0 Å². The third-order valence-electron chi connectivity index (χ3n) is 24.1. The van der Waals surface area contributed by atoms with Crippen LogP contribution in [0.2, 0.25) is 0 Å². The first-order chi connectivity index (χ1) is 58.1. The fourth-order valence-electron chi connectivity index (χ4n) is 19.2. The normalized spacial score (nSPS) is 12.1. The molecule has 9 heterocycles. The van der Waals surface area contributed by atoms with Gasteiger partial charge in [0.2, 0.25) is 0 Å². The Morgan fingerprint density at radius 3 is 1.10 bits per heavy atom. The fourth-order valence-corrected chi connectivity index (χ4v) is 19.2. The predicted octanol–water partition coefficient (Wildman–Crippen LogP) is 27.5. The number of fused-ring (bicyclic) bond motifs is 29. The van der Waals surface area contributed by atoms with E-state index in [-0.39, 0.29) is 0 Å². The summed E-state index contributed by atoms with van der Waals surface area (Å²) in [4.78, 5) is 13.0. The highest BCUT2D eigenvalue weighted by atomic mass is 16.3. The van der Waals surface area contributed by atoms with Crippen molar-refractivity contribution in [2.75, 3.05) is 0 Å². The number of nitrogens with zero attached hydrogens (tertiary/aromatic N) is 9. The van der Waals surface area contributed by atoms with E-state index in [1.54, 1.807) is 0 Å². The minimum Gasteiger partial charge on any atom is -0.443 e. The average molecular weight is 1500 g/mol. The molecule has 0 N–H and O–H groups in total. The second-order valence-corrected chi connectivity index (χ2v) is 30.2. The third kappa shape index (κ3) is 9.61. The highest BCUT2D eigenvalue weighted by Crippen LogP contribution is 2.49. The largest absolute Gasteiger partial charge is 0.443 e. The topological polar surface area (TPSA) is 108 Å². The molecule has 0 radical (unpaired) electrons. The summed E-state index contributed by atoms with van der Waals surface area (Å²) in [5.41, 5.74) is 25.8. The predicted molar refractivity (Wildman–Crippen MR) is 481 cm³/mol. The van der Waals surface area contributed by atoms with Crippen molar-refractivity contribution in [3.8, 4) is 34.1 Å². The number of para-hydroxylation sites is 7. The average Bonchev–Trinajstić information content (AvgIpc) is 1.53. The van der Waals surface area contributed by atoms with Gasteiger partial charge in [-0.2, -0.15) is 0 Å². The van der Waals surface area contributed by atoms with Crippen LogP contribution in [-0.2, 0) is 0 Å². The molecule has 0 fully saturated rings. The van der Waals surface area contributed by atoms with Crippen LogP contribution in [0, 0.1) is 0 Å². The lowest BCUT2D eigenvalue weighted by molar-refractivity contribution is 0.601. The Balaban J connectivity index is 0.0000000980. The van der Waals surface area contributed by atoms with Crippen LogP contribution in [0.1, 0.15) is 0 Å². The van der Waals surface area contributed by atoms with E-state index in [1.807, 2.05) is 18.2 Å². The van der Waals surface area contributed by atoms with Crippen LogP contribution in [0.25, 0.3) is 231 Å². The van der Waals surface area contributed by atoms with Crippen LogP contribution in [-0.4, -0.2) is 42.4 Å². The van der Waals surface area contributed by atoms with Crippen LogP contribution in [0.15, 0.2) is 396 Å². The summed E-state index contributed by atoms with van der Waals surface area (Å²) in [7, 11) is 0. The molecule has 0 spiro atoms. The van der Waals surface area contributed by atoms with E-state index >= 15 is 0 Å². The molecule has 0 amide bonds. The van der Waals surface area contributed by atoms with E-state index in [0.29, 0.717) is 0 Å². The minimum absolute atomic E-state index is 0.777. The van der Waals surface area contributed by atoms with Gasteiger partial charge in [-0.1, -0.05) is 218 Å². The first-order valence-electron chi connectivity index (χ1n) is 39.4. The Bertz CT molecular complexity index is 8780. The van der Waals surface area contributed by atoms with Crippen LogP contribution < -0.4 is 0 Å². The second-order valence-electron chi connectivity index (χ2n) is 30.2. The van der Waals surface area contributed by atoms with Gasteiger partial charge in [0.15, 0.2) is 35.9 Å². The standard InChI is InChI=1S/3C35H21N3O/c1-2-10-22(11-3-1)37-29-16-8-6-14-26(29)32-24-12-4-5-13-25(24)34-33(35(32)37)27-15-7-9-17-30(27)38(34)23-18-19-28-31(20-23)39-21-36-28;1-2-10-24(11-3-1)37-31-13-7-6-12-26(31)28-19-34-29(20-33(28)37)27-16-22-8-4-5-9-23(22)17-32(27)38(34)25-14-15-30-35(18-25)39-21-36-30;1-2-9-23(10-3-1)37-30-13-7-6-12-26(30)27-16-17-28-33-25-11-5-4-8-22(25)14-19-31(33)38(35(28)34(27)37)24-15-18-29-32(20-24)39-21-36-29/h3*1-21H. The first-order valence-corrected chi connectivity index (χ1v) is 39.4. The Kier molecular flexibility index (Phi) is 13.9. The lowest BCUT2D eigenvalue weighted by atomic mass is 9.99. The van der Waals surface area contributed by atoms with E-state index < -0.39 is 0 Å². The van der Waals surface area contributed by atoms with E-state index in [1.165, 1.54) is 177 Å². The van der Waals surface area contributed by atoms with Crippen molar-refractivity contribution in [2.45, 2.75) is 0 Å². The molecule has 0 aliphatic rings. The minimum atomic E-state index is 0.777. The van der Waals surface area contributed by atoms with Crippen molar-refractivity contribution in [3.63, 3.8) is 0 Å². The zero-order valence-corrected chi connectivity index (χ0v) is 62.6. The maximum atomic E-state index is 5.75. The molecule has 12 heteroatoms. The van der Waals surface area contributed by atoms with Gasteiger partial charge >= 0.3 is 0 Å². The third-order valence-corrected chi connectivity index (χ3v) is 24.1. The maximum absolute atomic E-state index is 5.75. The molecular formula is C105H63N9O3. The summed E-state index contributed by atoms with van der Waals surface area (Å²) in [5.74, 6) is 0. The van der Waals surface area contributed by atoms with Gasteiger partial charge in [-0.25, -0.2) is 15.0 Å². The van der Waals surface area contributed by atoms with Crippen LogP contribution in [0.5, 0.6) is 0 Å². The molecule has 0 aliphatic heterocycles. The molecule has 27 rings (SSSR count). The lowest BCUT2D eigenvalue weighted by Gasteiger charge is -2.13. The Morgan fingerprint density at radius 1 is 0.171 bits per heavy atom. The molecule has 18 aromatic carbocycles. The SMILES string of the molecule is c1ccc(-n2c3ccccc3c3c4ccccc4c4c(c5ccccc5n4-c4ccc5ncoc5c4)c32)cc1.c1ccc(-n2c3ccccc3c3cc4c(cc32)c2cc3ccccc3cc2n4-c2ccc3ncoc3c2)cc1.c1ccc(-n2c3ccccc3c3ccc4c5c6ccccc6ccc5n(-c5ccc6ncoc6c5)c4c32)cc1. The van der Waals surface area contributed by atoms with Crippen LogP contribution >= 0.6 is 0 Å². The van der Waals surface area contributed by atoms with Gasteiger partial charge < -0.3 is 40.7 Å². The molecule has 0 atom stereocenters. The molecule has 0 saturated heterocycles. The van der Waals surface area contributed by atoms with Gasteiger partial charge in [-0.3, -0.25) is 0 Å². The van der Waals surface area contributed by atoms with Gasteiger partial charge in [-0.15, -0.1) is 0 Å². The second kappa shape index (κ2) is 25.2. The van der Waals surface area contributed by atoms with Crippen LogP contribution in [0.3, 0.4) is 0 Å². The van der Waals surface area contributed by atoms with E-state index in [4.69, 9.17) is 13.3 Å². The smallest absolute Gasteiger partial charge is 0.181 e. The Morgan fingerprint density at radius 2 is 0.530 bits per heavy atom. The van der Waals surface area contributed by atoms with Gasteiger partial charge in [0.1, 0.15) is 16.6 Å². The highest BCUT2D eigenvalue weighted by Gasteiger charge is 2.28. The number of oxazole rings is 3. The Labute approximate surface area is 665 Å².